The van der Waals surface area contributed by atoms with Gasteiger partial charge in [0.15, 0.2) is 0 Å². The van der Waals surface area contributed by atoms with Gasteiger partial charge in [0.2, 0.25) is 0 Å². The molecule has 0 aromatic heterocycles. The minimum Gasteiger partial charge on any atom is -0.103 e. The standard InChI is InChI=1S/C20H28/c1-3-5-6-8-14-19(13-4-2)17-11-12-18-20-15-9-7-10-16-20/h4,7,9-12,15-19H,2-3,5-6,8,13-14H2,1H3/b17-11-,18-12-. The molecule has 0 spiro atoms. The maximum atomic E-state index is 3.87. The molecule has 108 valence electrons. The van der Waals surface area contributed by atoms with Gasteiger partial charge in [-0.25, -0.2) is 0 Å². The Kier molecular flexibility index (Phi) is 9.30. The predicted octanol–water partition coefficient (Wildman–Crippen LogP) is 6.42. The van der Waals surface area contributed by atoms with Crippen molar-refractivity contribution in [2.75, 3.05) is 0 Å². The van der Waals surface area contributed by atoms with Crippen molar-refractivity contribution in [3.8, 4) is 0 Å². The normalized spacial score (nSPS) is 13.1. The highest BCUT2D eigenvalue weighted by molar-refractivity contribution is 5.50. The second kappa shape index (κ2) is 11.3. The molecule has 1 atom stereocenters. The van der Waals surface area contributed by atoms with E-state index >= 15 is 0 Å². The summed E-state index contributed by atoms with van der Waals surface area (Å²) in [6, 6.07) is 10.4. The summed E-state index contributed by atoms with van der Waals surface area (Å²) in [5.41, 5.74) is 1.25. The van der Waals surface area contributed by atoms with Crippen LogP contribution in [0.25, 0.3) is 6.08 Å². The van der Waals surface area contributed by atoms with E-state index in [0.29, 0.717) is 5.92 Å². The van der Waals surface area contributed by atoms with Crippen molar-refractivity contribution in [2.45, 2.75) is 45.4 Å². The zero-order valence-electron chi connectivity index (χ0n) is 12.8. The Morgan fingerprint density at radius 3 is 2.55 bits per heavy atom. The summed E-state index contributed by atoms with van der Waals surface area (Å²) in [5.74, 6) is 0.643. The molecule has 0 fully saturated rings. The summed E-state index contributed by atoms with van der Waals surface area (Å²) in [4.78, 5) is 0. The van der Waals surface area contributed by atoms with E-state index < -0.39 is 0 Å². The maximum absolute atomic E-state index is 3.87. The molecule has 0 amide bonds. The van der Waals surface area contributed by atoms with Crippen LogP contribution in [0, 0.1) is 5.92 Å². The van der Waals surface area contributed by atoms with Crippen molar-refractivity contribution >= 4 is 6.08 Å². The van der Waals surface area contributed by atoms with Gasteiger partial charge in [0.25, 0.3) is 0 Å². The molecular weight excluding hydrogens is 240 g/mol. The van der Waals surface area contributed by atoms with Crippen molar-refractivity contribution in [3.63, 3.8) is 0 Å². The molecule has 20 heavy (non-hydrogen) atoms. The van der Waals surface area contributed by atoms with Gasteiger partial charge in [-0.2, -0.15) is 0 Å². The molecule has 0 N–H and O–H groups in total. The van der Waals surface area contributed by atoms with Crippen LogP contribution in [0.3, 0.4) is 0 Å². The van der Waals surface area contributed by atoms with Gasteiger partial charge in [-0.1, -0.05) is 93.3 Å². The molecule has 0 aliphatic rings. The molecule has 1 aromatic rings. The average Bonchev–Trinajstić information content (AvgIpc) is 2.49. The number of hydrogen-bond donors (Lipinski definition) is 0. The third-order valence-corrected chi connectivity index (χ3v) is 3.48. The van der Waals surface area contributed by atoms with Gasteiger partial charge >= 0.3 is 0 Å². The molecule has 0 aliphatic carbocycles. The molecule has 0 saturated carbocycles. The molecule has 0 nitrogen and oxygen atoms in total. The highest BCUT2D eigenvalue weighted by Crippen LogP contribution is 2.16. The van der Waals surface area contributed by atoms with Crippen molar-refractivity contribution < 1.29 is 0 Å². The smallest absolute Gasteiger partial charge is 0.0196 e. The Hall–Kier alpha value is -1.56. The van der Waals surface area contributed by atoms with Crippen molar-refractivity contribution in [2.24, 2.45) is 5.92 Å². The lowest BCUT2D eigenvalue weighted by molar-refractivity contribution is 0.534. The zero-order chi connectivity index (χ0) is 14.5. The van der Waals surface area contributed by atoms with Crippen LogP contribution in [0.2, 0.25) is 0 Å². The molecule has 0 radical (unpaired) electrons. The van der Waals surface area contributed by atoms with Crippen molar-refractivity contribution in [1.82, 2.24) is 0 Å². The molecule has 1 unspecified atom stereocenters. The fourth-order valence-corrected chi connectivity index (χ4v) is 2.29. The summed E-state index contributed by atoms with van der Waals surface area (Å²) >= 11 is 0. The first-order valence-corrected chi connectivity index (χ1v) is 7.87. The van der Waals surface area contributed by atoms with Crippen LogP contribution in [0.4, 0.5) is 0 Å². The van der Waals surface area contributed by atoms with Crippen molar-refractivity contribution in [3.05, 3.63) is 66.8 Å². The van der Waals surface area contributed by atoms with Crippen LogP contribution in [-0.2, 0) is 0 Å². The molecule has 1 rings (SSSR count). The number of allylic oxidation sites excluding steroid dienone is 4. The lowest BCUT2D eigenvalue weighted by atomic mass is 9.97. The molecule has 0 heteroatoms. The van der Waals surface area contributed by atoms with Crippen LogP contribution in [-0.4, -0.2) is 0 Å². The van der Waals surface area contributed by atoms with Gasteiger partial charge in [0.1, 0.15) is 0 Å². The van der Waals surface area contributed by atoms with E-state index in [2.05, 4.69) is 62.1 Å². The van der Waals surface area contributed by atoms with E-state index in [0.717, 1.165) is 6.42 Å². The van der Waals surface area contributed by atoms with Crippen LogP contribution in [0.5, 0.6) is 0 Å². The highest BCUT2D eigenvalue weighted by Gasteiger charge is 2.01. The third-order valence-electron chi connectivity index (χ3n) is 3.48. The van der Waals surface area contributed by atoms with Gasteiger partial charge in [-0.3, -0.25) is 0 Å². The summed E-state index contributed by atoms with van der Waals surface area (Å²) in [6.45, 7) is 6.13. The lowest BCUT2D eigenvalue weighted by Crippen LogP contribution is -1.94. The second-order valence-corrected chi connectivity index (χ2v) is 5.29. The molecule has 0 saturated heterocycles. The van der Waals surface area contributed by atoms with Crippen LogP contribution in [0.1, 0.15) is 51.0 Å². The van der Waals surface area contributed by atoms with E-state index in [4.69, 9.17) is 0 Å². The van der Waals surface area contributed by atoms with E-state index in [9.17, 15) is 0 Å². The summed E-state index contributed by atoms with van der Waals surface area (Å²) < 4.78 is 0. The number of benzene rings is 1. The fourth-order valence-electron chi connectivity index (χ4n) is 2.29. The molecule has 0 aliphatic heterocycles. The van der Waals surface area contributed by atoms with Gasteiger partial charge in [0.05, 0.1) is 0 Å². The van der Waals surface area contributed by atoms with E-state index in [1.807, 2.05) is 12.1 Å². The van der Waals surface area contributed by atoms with Crippen molar-refractivity contribution in [1.29, 1.82) is 0 Å². The van der Waals surface area contributed by atoms with Crippen LogP contribution in [0.15, 0.2) is 61.2 Å². The third kappa shape index (κ3) is 7.78. The Labute approximate surface area is 124 Å². The summed E-state index contributed by atoms with van der Waals surface area (Å²) in [6.07, 6.45) is 18.6. The quantitative estimate of drug-likeness (QED) is 0.261. The largest absolute Gasteiger partial charge is 0.103 e. The van der Waals surface area contributed by atoms with Crippen LogP contribution < -0.4 is 0 Å². The highest BCUT2D eigenvalue weighted by atomic mass is 14.1. The van der Waals surface area contributed by atoms with E-state index in [1.54, 1.807) is 0 Å². The predicted molar refractivity (Wildman–Crippen MR) is 91.7 cm³/mol. The number of hydrogen-bond acceptors (Lipinski definition) is 0. The minimum atomic E-state index is 0.643. The maximum Gasteiger partial charge on any atom is -0.0196 e. The van der Waals surface area contributed by atoms with E-state index in [1.165, 1.54) is 37.7 Å². The van der Waals surface area contributed by atoms with E-state index in [-0.39, 0.29) is 0 Å². The van der Waals surface area contributed by atoms with Crippen LogP contribution >= 0.6 is 0 Å². The molecular formula is C20H28. The Bertz CT molecular complexity index is 397. The monoisotopic (exact) mass is 268 g/mol. The molecule has 0 bridgehead atoms. The molecule has 1 aromatic carbocycles. The fraction of sp³-hybridized carbons (Fsp3) is 0.400. The second-order valence-electron chi connectivity index (χ2n) is 5.29. The summed E-state index contributed by atoms with van der Waals surface area (Å²) in [7, 11) is 0. The minimum absolute atomic E-state index is 0.643. The Morgan fingerprint density at radius 2 is 1.85 bits per heavy atom. The number of rotatable bonds is 10. The topological polar surface area (TPSA) is 0 Å². The Morgan fingerprint density at radius 1 is 1.05 bits per heavy atom. The molecule has 0 heterocycles. The first kappa shape index (κ1) is 16.5. The Balaban J connectivity index is 2.38. The summed E-state index contributed by atoms with van der Waals surface area (Å²) in [5, 5.41) is 0. The number of unbranched alkanes of at least 4 members (excludes halogenated alkanes) is 3. The van der Waals surface area contributed by atoms with Gasteiger partial charge < -0.3 is 0 Å². The zero-order valence-corrected chi connectivity index (χ0v) is 12.8. The van der Waals surface area contributed by atoms with Gasteiger partial charge in [0, 0.05) is 0 Å². The van der Waals surface area contributed by atoms with Gasteiger partial charge in [-0.05, 0) is 24.3 Å². The first-order chi connectivity index (χ1) is 9.86. The van der Waals surface area contributed by atoms with Gasteiger partial charge in [-0.15, -0.1) is 6.58 Å². The lowest BCUT2D eigenvalue weighted by Gasteiger charge is -2.09. The first-order valence-electron chi connectivity index (χ1n) is 7.87. The SMILES string of the molecule is C=CCC(/C=C\C=C/c1ccccc1)CCCCCC. The average molecular weight is 268 g/mol.